The number of methoxy groups -OCH3 is 2. The van der Waals surface area contributed by atoms with Gasteiger partial charge in [-0.05, 0) is 12.1 Å². The van der Waals surface area contributed by atoms with Gasteiger partial charge in [0.1, 0.15) is 11.5 Å². The third-order valence-corrected chi connectivity index (χ3v) is 1.81. The SMILES string of the molecule is COc1ccc(C=NOC(C)=O)c(OC)c1. The van der Waals surface area contributed by atoms with Gasteiger partial charge in [-0.2, -0.15) is 0 Å². The lowest BCUT2D eigenvalue weighted by atomic mass is 10.2. The molecule has 86 valence electrons. The molecule has 5 heteroatoms. The first-order chi connectivity index (χ1) is 7.67. The number of nitrogens with zero attached hydrogens (tertiary/aromatic N) is 1. The van der Waals surface area contributed by atoms with Crippen LogP contribution in [0.25, 0.3) is 0 Å². The Kier molecular flexibility index (Phi) is 4.32. The second kappa shape index (κ2) is 5.75. The number of hydrogen-bond donors (Lipinski definition) is 0. The van der Waals surface area contributed by atoms with Crippen molar-refractivity contribution in [2.75, 3.05) is 14.2 Å². The summed E-state index contributed by atoms with van der Waals surface area (Å²) in [5.74, 6) is 0.806. The van der Waals surface area contributed by atoms with E-state index < -0.39 is 5.97 Å². The molecule has 0 amide bonds. The van der Waals surface area contributed by atoms with Crippen molar-refractivity contribution in [3.63, 3.8) is 0 Å². The predicted octanol–water partition coefficient (Wildman–Crippen LogP) is 1.60. The molecule has 0 aliphatic heterocycles. The first-order valence-electron chi connectivity index (χ1n) is 4.60. The average Bonchev–Trinajstić information content (AvgIpc) is 2.29. The number of rotatable bonds is 4. The summed E-state index contributed by atoms with van der Waals surface area (Å²) in [6.07, 6.45) is 1.40. The minimum absolute atomic E-state index is 0.469. The molecule has 0 heterocycles. The van der Waals surface area contributed by atoms with Gasteiger partial charge in [0.05, 0.1) is 20.4 Å². The molecular weight excluding hydrogens is 210 g/mol. The zero-order chi connectivity index (χ0) is 12.0. The van der Waals surface area contributed by atoms with E-state index >= 15 is 0 Å². The predicted molar refractivity (Wildman–Crippen MR) is 58.9 cm³/mol. The van der Waals surface area contributed by atoms with Crippen molar-refractivity contribution in [1.82, 2.24) is 0 Å². The summed E-state index contributed by atoms with van der Waals surface area (Å²) in [5.41, 5.74) is 0.699. The zero-order valence-corrected chi connectivity index (χ0v) is 9.39. The Labute approximate surface area is 93.6 Å². The Morgan fingerprint density at radius 2 is 2.06 bits per heavy atom. The highest BCUT2D eigenvalue weighted by Crippen LogP contribution is 2.22. The topological polar surface area (TPSA) is 57.1 Å². The normalized spacial score (nSPS) is 10.2. The summed E-state index contributed by atoms with van der Waals surface area (Å²) in [4.78, 5) is 14.9. The molecule has 0 aliphatic carbocycles. The molecule has 0 bridgehead atoms. The fourth-order valence-corrected chi connectivity index (χ4v) is 1.08. The summed E-state index contributed by atoms with van der Waals surface area (Å²) in [7, 11) is 3.11. The fourth-order valence-electron chi connectivity index (χ4n) is 1.08. The van der Waals surface area contributed by atoms with Gasteiger partial charge in [0, 0.05) is 18.6 Å². The third kappa shape index (κ3) is 3.27. The second-order valence-electron chi connectivity index (χ2n) is 2.93. The monoisotopic (exact) mass is 223 g/mol. The van der Waals surface area contributed by atoms with Gasteiger partial charge in [-0.3, -0.25) is 0 Å². The van der Waals surface area contributed by atoms with E-state index in [1.165, 1.54) is 20.2 Å². The van der Waals surface area contributed by atoms with E-state index in [0.717, 1.165) is 0 Å². The van der Waals surface area contributed by atoms with Crippen LogP contribution in [0.3, 0.4) is 0 Å². The average molecular weight is 223 g/mol. The van der Waals surface area contributed by atoms with Crippen LogP contribution in [0.2, 0.25) is 0 Å². The molecule has 16 heavy (non-hydrogen) atoms. The Bertz CT molecular complexity index is 401. The number of carbonyl (C=O) groups is 1. The van der Waals surface area contributed by atoms with E-state index in [9.17, 15) is 4.79 Å². The molecule has 1 aromatic rings. The number of oxime groups is 1. The van der Waals surface area contributed by atoms with Gasteiger partial charge in [0.15, 0.2) is 0 Å². The molecule has 0 radical (unpaired) electrons. The molecular formula is C11H13NO4. The highest BCUT2D eigenvalue weighted by atomic mass is 16.7. The zero-order valence-electron chi connectivity index (χ0n) is 9.39. The maximum absolute atomic E-state index is 10.5. The van der Waals surface area contributed by atoms with E-state index in [1.54, 1.807) is 25.3 Å². The van der Waals surface area contributed by atoms with Gasteiger partial charge >= 0.3 is 5.97 Å². The van der Waals surface area contributed by atoms with Gasteiger partial charge in [-0.15, -0.1) is 0 Å². The van der Waals surface area contributed by atoms with Gasteiger partial charge in [-0.25, -0.2) is 4.79 Å². The molecule has 1 rings (SSSR count). The minimum atomic E-state index is -0.469. The molecule has 0 saturated heterocycles. The minimum Gasteiger partial charge on any atom is -0.497 e. The Hall–Kier alpha value is -2.04. The quantitative estimate of drug-likeness (QED) is 0.442. The summed E-state index contributed by atoms with van der Waals surface area (Å²) in [5, 5.41) is 3.51. The maximum Gasteiger partial charge on any atom is 0.331 e. The van der Waals surface area contributed by atoms with Crippen molar-refractivity contribution < 1.29 is 19.1 Å². The molecule has 5 nitrogen and oxygen atoms in total. The largest absolute Gasteiger partial charge is 0.497 e. The van der Waals surface area contributed by atoms with Crippen LogP contribution in [0.4, 0.5) is 0 Å². The van der Waals surface area contributed by atoms with Crippen molar-refractivity contribution >= 4 is 12.2 Å². The third-order valence-electron chi connectivity index (χ3n) is 1.81. The van der Waals surface area contributed by atoms with Crippen LogP contribution in [-0.2, 0) is 9.63 Å². The summed E-state index contributed by atoms with van der Waals surface area (Å²) < 4.78 is 10.2. The molecule has 0 aromatic heterocycles. The highest BCUT2D eigenvalue weighted by Gasteiger charge is 2.02. The summed E-state index contributed by atoms with van der Waals surface area (Å²) >= 11 is 0. The second-order valence-corrected chi connectivity index (χ2v) is 2.93. The van der Waals surface area contributed by atoms with E-state index in [-0.39, 0.29) is 0 Å². The molecule has 0 aliphatic rings. The first kappa shape index (κ1) is 12.0. The lowest BCUT2D eigenvalue weighted by Gasteiger charge is -2.06. The lowest BCUT2D eigenvalue weighted by molar-refractivity contribution is -0.140. The lowest BCUT2D eigenvalue weighted by Crippen LogP contribution is -1.95. The summed E-state index contributed by atoms with van der Waals surface area (Å²) in [6.45, 7) is 1.28. The van der Waals surface area contributed by atoms with Crippen LogP contribution in [0.5, 0.6) is 11.5 Å². The first-order valence-corrected chi connectivity index (χ1v) is 4.60. The van der Waals surface area contributed by atoms with Crippen LogP contribution in [0.1, 0.15) is 12.5 Å². The molecule has 0 saturated carbocycles. The number of benzene rings is 1. The van der Waals surface area contributed by atoms with Crippen LogP contribution >= 0.6 is 0 Å². The molecule has 1 aromatic carbocycles. The van der Waals surface area contributed by atoms with E-state index in [2.05, 4.69) is 9.99 Å². The maximum atomic E-state index is 10.5. The van der Waals surface area contributed by atoms with Gasteiger partial charge in [0.25, 0.3) is 0 Å². The van der Waals surface area contributed by atoms with Crippen molar-refractivity contribution in [3.05, 3.63) is 23.8 Å². The summed E-state index contributed by atoms with van der Waals surface area (Å²) in [6, 6.07) is 5.23. The van der Waals surface area contributed by atoms with Gasteiger partial charge in [-0.1, -0.05) is 5.16 Å². The van der Waals surface area contributed by atoms with E-state index in [0.29, 0.717) is 17.1 Å². The highest BCUT2D eigenvalue weighted by molar-refractivity contribution is 5.84. The number of hydrogen-bond acceptors (Lipinski definition) is 5. The van der Waals surface area contributed by atoms with Crippen molar-refractivity contribution in [1.29, 1.82) is 0 Å². The Morgan fingerprint density at radius 1 is 1.31 bits per heavy atom. The molecule has 0 spiro atoms. The van der Waals surface area contributed by atoms with Gasteiger partial charge in [0.2, 0.25) is 0 Å². The number of ether oxygens (including phenoxy) is 2. The van der Waals surface area contributed by atoms with Crippen LogP contribution < -0.4 is 9.47 Å². The van der Waals surface area contributed by atoms with Crippen molar-refractivity contribution in [2.24, 2.45) is 5.16 Å². The molecule has 0 unspecified atom stereocenters. The Balaban J connectivity index is 2.87. The molecule has 0 N–H and O–H groups in total. The number of carbonyl (C=O) groups excluding carboxylic acids is 1. The van der Waals surface area contributed by atoms with Gasteiger partial charge < -0.3 is 14.3 Å². The van der Waals surface area contributed by atoms with Crippen molar-refractivity contribution in [2.45, 2.75) is 6.92 Å². The van der Waals surface area contributed by atoms with E-state index in [1.807, 2.05) is 0 Å². The van der Waals surface area contributed by atoms with Crippen molar-refractivity contribution in [3.8, 4) is 11.5 Å². The Morgan fingerprint density at radius 3 is 2.62 bits per heavy atom. The van der Waals surface area contributed by atoms with Crippen LogP contribution in [0.15, 0.2) is 23.4 Å². The smallest absolute Gasteiger partial charge is 0.331 e. The standard InChI is InChI=1S/C11H13NO4/c1-8(13)16-12-7-9-4-5-10(14-2)6-11(9)15-3/h4-7H,1-3H3. The van der Waals surface area contributed by atoms with Crippen LogP contribution in [0, 0.1) is 0 Å². The molecule has 0 atom stereocenters. The van der Waals surface area contributed by atoms with E-state index in [4.69, 9.17) is 9.47 Å². The molecule has 0 fully saturated rings. The fraction of sp³-hybridized carbons (Fsp3) is 0.273. The van der Waals surface area contributed by atoms with Crippen LogP contribution in [-0.4, -0.2) is 26.4 Å².